The number of hydrogen-bond donors (Lipinski definition) is 2. The quantitative estimate of drug-likeness (QED) is 0.703. The summed E-state index contributed by atoms with van der Waals surface area (Å²) in [5, 5.41) is 7.02. The highest BCUT2D eigenvalue weighted by Crippen LogP contribution is 2.05. The van der Waals surface area contributed by atoms with E-state index >= 15 is 0 Å². The summed E-state index contributed by atoms with van der Waals surface area (Å²) in [5.74, 6) is 0. The fourth-order valence-electron chi connectivity index (χ4n) is 1.97. The largest absolute Gasteiger partial charge is 0.317 e. The van der Waals surface area contributed by atoms with Gasteiger partial charge in [0.05, 0.1) is 0 Å². The molecule has 0 aromatic heterocycles. The molecule has 1 aromatic rings. The van der Waals surface area contributed by atoms with Gasteiger partial charge in [-0.2, -0.15) is 0 Å². The maximum absolute atomic E-state index is 3.51. The number of hydrogen-bond acceptors (Lipinski definition) is 2. The zero-order valence-corrected chi connectivity index (χ0v) is 13.1. The summed E-state index contributed by atoms with van der Waals surface area (Å²) in [5.41, 5.74) is 3.03. The van der Waals surface area contributed by atoms with Crippen LogP contribution < -0.4 is 10.6 Å². The van der Waals surface area contributed by atoms with E-state index in [1.807, 2.05) is 0 Å². The molecule has 0 atom stereocenters. The number of benzene rings is 1. The first-order valence-electron chi connectivity index (χ1n) is 7.49. The lowest BCUT2D eigenvalue weighted by Gasteiger charge is -2.20. The van der Waals surface area contributed by atoms with Crippen molar-refractivity contribution >= 4 is 0 Å². The summed E-state index contributed by atoms with van der Waals surface area (Å²) in [4.78, 5) is 0. The SMILES string of the molecule is Cc1ccc(CCCNCCCNC(C)(C)C)cc1. The second-order valence-corrected chi connectivity index (χ2v) is 6.37. The summed E-state index contributed by atoms with van der Waals surface area (Å²) < 4.78 is 0. The molecule has 0 aliphatic heterocycles. The van der Waals surface area contributed by atoms with Gasteiger partial charge in [0, 0.05) is 5.54 Å². The minimum Gasteiger partial charge on any atom is -0.317 e. The normalized spacial score (nSPS) is 11.8. The monoisotopic (exact) mass is 262 g/mol. The first-order valence-corrected chi connectivity index (χ1v) is 7.49. The van der Waals surface area contributed by atoms with Gasteiger partial charge in [0.25, 0.3) is 0 Å². The van der Waals surface area contributed by atoms with Crippen molar-refractivity contribution < 1.29 is 0 Å². The fourth-order valence-corrected chi connectivity index (χ4v) is 1.97. The Bertz CT molecular complexity index is 335. The van der Waals surface area contributed by atoms with Crippen molar-refractivity contribution in [3.8, 4) is 0 Å². The highest BCUT2D eigenvalue weighted by Gasteiger charge is 2.06. The first-order chi connectivity index (χ1) is 8.97. The Hall–Kier alpha value is -0.860. The van der Waals surface area contributed by atoms with Gasteiger partial charge < -0.3 is 10.6 Å². The third-order valence-corrected chi connectivity index (χ3v) is 3.13. The highest BCUT2D eigenvalue weighted by atomic mass is 14.9. The predicted molar refractivity (Wildman–Crippen MR) is 84.7 cm³/mol. The van der Waals surface area contributed by atoms with Gasteiger partial charge in [0.15, 0.2) is 0 Å². The third kappa shape index (κ3) is 8.79. The van der Waals surface area contributed by atoms with Crippen LogP contribution in [0.2, 0.25) is 0 Å². The van der Waals surface area contributed by atoms with E-state index in [1.54, 1.807) is 0 Å². The molecule has 0 saturated heterocycles. The predicted octanol–water partition coefficient (Wildman–Crippen LogP) is 3.30. The van der Waals surface area contributed by atoms with Crippen molar-refractivity contribution in [2.45, 2.75) is 52.5 Å². The van der Waals surface area contributed by atoms with Crippen LogP contribution in [0.1, 0.15) is 44.7 Å². The number of aryl methyl sites for hydroxylation is 2. The molecule has 19 heavy (non-hydrogen) atoms. The zero-order chi connectivity index (χ0) is 14.1. The van der Waals surface area contributed by atoms with Crippen molar-refractivity contribution in [3.05, 3.63) is 35.4 Å². The number of nitrogens with one attached hydrogen (secondary N) is 2. The van der Waals surface area contributed by atoms with Gasteiger partial charge in [0.2, 0.25) is 0 Å². The maximum atomic E-state index is 3.51. The molecule has 0 bridgehead atoms. The van der Waals surface area contributed by atoms with Crippen molar-refractivity contribution in [1.29, 1.82) is 0 Å². The van der Waals surface area contributed by atoms with E-state index in [9.17, 15) is 0 Å². The van der Waals surface area contributed by atoms with E-state index in [1.165, 1.54) is 30.4 Å². The molecule has 108 valence electrons. The Morgan fingerprint density at radius 2 is 1.53 bits per heavy atom. The summed E-state index contributed by atoms with van der Waals surface area (Å²) in [7, 11) is 0. The van der Waals surface area contributed by atoms with Gasteiger partial charge in [0.1, 0.15) is 0 Å². The summed E-state index contributed by atoms with van der Waals surface area (Å²) in [6, 6.07) is 8.87. The first kappa shape index (κ1) is 16.2. The maximum Gasteiger partial charge on any atom is 0.00965 e. The molecule has 0 aliphatic carbocycles. The molecule has 2 heteroatoms. The molecule has 0 aliphatic rings. The van der Waals surface area contributed by atoms with Gasteiger partial charge in [-0.25, -0.2) is 0 Å². The third-order valence-electron chi connectivity index (χ3n) is 3.13. The summed E-state index contributed by atoms with van der Waals surface area (Å²) >= 11 is 0. The minimum absolute atomic E-state index is 0.242. The Labute approximate surface area is 119 Å². The van der Waals surface area contributed by atoms with E-state index in [0.29, 0.717) is 0 Å². The zero-order valence-electron chi connectivity index (χ0n) is 13.1. The molecule has 0 spiro atoms. The lowest BCUT2D eigenvalue weighted by atomic mass is 10.1. The van der Waals surface area contributed by atoms with Crippen LogP contribution in [0.4, 0.5) is 0 Å². The molecule has 0 unspecified atom stereocenters. The molecule has 0 saturated carbocycles. The minimum atomic E-state index is 0.242. The molecule has 1 aromatic carbocycles. The van der Waals surface area contributed by atoms with E-state index in [2.05, 4.69) is 62.6 Å². The van der Waals surface area contributed by atoms with Crippen LogP contribution in [-0.4, -0.2) is 25.2 Å². The van der Waals surface area contributed by atoms with Crippen LogP contribution >= 0.6 is 0 Å². The molecule has 0 radical (unpaired) electrons. The van der Waals surface area contributed by atoms with Crippen molar-refractivity contribution in [2.75, 3.05) is 19.6 Å². The lowest BCUT2D eigenvalue weighted by Crippen LogP contribution is -2.37. The smallest absolute Gasteiger partial charge is 0.00965 e. The van der Waals surface area contributed by atoms with Crippen LogP contribution in [0.25, 0.3) is 0 Å². The molecular formula is C17H30N2. The molecular weight excluding hydrogens is 232 g/mol. The Balaban J connectivity index is 1.95. The van der Waals surface area contributed by atoms with Crippen molar-refractivity contribution in [1.82, 2.24) is 10.6 Å². The average molecular weight is 262 g/mol. The second kappa shape index (κ2) is 8.34. The van der Waals surface area contributed by atoms with Crippen LogP contribution in [0, 0.1) is 6.92 Å². The second-order valence-electron chi connectivity index (χ2n) is 6.37. The molecule has 1 rings (SSSR count). The van der Waals surface area contributed by atoms with E-state index in [4.69, 9.17) is 0 Å². The average Bonchev–Trinajstić information content (AvgIpc) is 2.33. The Morgan fingerprint density at radius 3 is 2.16 bits per heavy atom. The molecule has 0 fully saturated rings. The van der Waals surface area contributed by atoms with Gasteiger partial charge in [-0.15, -0.1) is 0 Å². The molecule has 0 heterocycles. The van der Waals surface area contributed by atoms with Gasteiger partial charge >= 0.3 is 0 Å². The topological polar surface area (TPSA) is 24.1 Å². The molecule has 2 nitrogen and oxygen atoms in total. The molecule has 0 amide bonds. The fraction of sp³-hybridized carbons (Fsp3) is 0.647. The van der Waals surface area contributed by atoms with Crippen molar-refractivity contribution in [2.24, 2.45) is 0 Å². The van der Waals surface area contributed by atoms with E-state index in [-0.39, 0.29) is 5.54 Å². The van der Waals surface area contributed by atoms with Crippen LogP contribution in [0.5, 0.6) is 0 Å². The van der Waals surface area contributed by atoms with Crippen LogP contribution in [0.15, 0.2) is 24.3 Å². The van der Waals surface area contributed by atoms with Gasteiger partial charge in [-0.05, 0) is 72.2 Å². The highest BCUT2D eigenvalue weighted by molar-refractivity contribution is 5.21. The Morgan fingerprint density at radius 1 is 0.895 bits per heavy atom. The number of rotatable bonds is 8. The summed E-state index contributed by atoms with van der Waals surface area (Å²) in [6.45, 7) is 12.1. The van der Waals surface area contributed by atoms with Crippen LogP contribution in [0.3, 0.4) is 0 Å². The summed E-state index contributed by atoms with van der Waals surface area (Å²) in [6.07, 6.45) is 3.59. The lowest BCUT2D eigenvalue weighted by molar-refractivity contribution is 0.418. The van der Waals surface area contributed by atoms with E-state index in [0.717, 1.165) is 19.6 Å². The standard InChI is InChI=1S/C17H30N2/c1-15-8-10-16(11-9-15)7-5-12-18-13-6-14-19-17(2,3)4/h8-11,18-19H,5-7,12-14H2,1-4H3. The van der Waals surface area contributed by atoms with Crippen LogP contribution in [-0.2, 0) is 6.42 Å². The van der Waals surface area contributed by atoms with Gasteiger partial charge in [-0.3, -0.25) is 0 Å². The van der Waals surface area contributed by atoms with E-state index < -0.39 is 0 Å². The van der Waals surface area contributed by atoms with Gasteiger partial charge in [-0.1, -0.05) is 29.8 Å². The van der Waals surface area contributed by atoms with Crippen molar-refractivity contribution in [3.63, 3.8) is 0 Å². The Kier molecular flexibility index (Phi) is 7.11. The molecule has 2 N–H and O–H groups in total.